The van der Waals surface area contributed by atoms with Crippen LogP contribution in [0.2, 0.25) is 5.02 Å². The number of carbonyl (C=O) groups excluding carboxylic acids is 1. The quantitative estimate of drug-likeness (QED) is 0.205. The molecule has 0 radical (unpaired) electrons. The molecule has 1 aliphatic rings. The van der Waals surface area contributed by atoms with Gasteiger partial charge in [0.2, 0.25) is 5.96 Å². The summed E-state index contributed by atoms with van der Waals surface area (Å²) in [6, 6.07) is 27.8. The lowest BCUT2D eigenvalue weighted by molar-refractivity contribution is -0.274. The molecule has 1 heterocycles. The second-order valence-electron chi connectivity index (χ2n) is 9.74. The van der Waals surface area contributed by atoms with Crippen molar-refractivity contribution < 1.29 is 31.1 Å². The highest BCUT2D eigenvalue weighted by Crippen LogP contribution is 2.31. The van der Waals surface area contributed by atoms with Gasteiger partial charge >= 0.3 is 6.36 Å². The van der Waals surface area contributed by atoms with E-state index in [9.17, 15) is 26.4 Å². The van der Waals surface area contributed by atoms with Gasteiger partial charge in [0.25, 0.3) is 21.9 Å². The number of benzene rings is 4. The van der Waals surface area contributed by atoms with Crippen molar-refractivity contribution >= 4 is 45.2 Å². The van der Waals surface area contributed by atoms with Crippen LogP contribution in [0.3, 0.4) is 0 Å². The third kappa shape index (κ3) is 8.08. The molecule has 0 bridgehead atoms. The average Bonchev–Trinajstić information content (AvgIpc) is 3.47. The van der Waals surface area contributed by atoms with Crippen molar-refractivity contribution in [3.8, 4) is 5.75 Å². The smallest absolute Gasteiger partial charge is 0.406 e. The molecule has 4 aromatic carbocycles. The first-order chi connectivity index (χ1) is 21.9. The number of alkyl halides is 3. The number of amides is 1. The van der Waals surface area contributed by atoms with E-state index in [0.29, 0.717) is 16.3 Å². The van der Waals surface area contributed by atoms with Crippen LogP contribution < -0.4 is 15.8 Å². The second kappa shape index (κ2) is 13.4. The van der Waals surface area contributed by atoms with Gasteiger partial charge in [-0.25, -0.2) is 5.01 Å². The number of hydrogen-bond acceptors (Lipinski definition) is 5. The third-order valence-electron chi connectivity index (χ3n) is 6.54. The SMILES string of the molecule is N/C(=N\C(=N\S(=O)(=O)c1ccc(OC(F)(F)F)cc1)N1CC(c2ccccc2)C(c2ccc(Cl)cc2)=N1)NC(=O)c1ccccc1. The molecule has 4 aromatic rings. The molecule has 15 heteroatoms. The maximum absolute atomic E-state index is 13.4. The summed E-state index contributed by atoms with van der Waals surface area (Å²) in [6.07, 6.45) is -4.97. The lowest BCUT2D eigenvalue weighted by Crippen LogP contribution is -2.39. The van der Waals surface area contributed by atoms with E-state index in [2.05, 4.69) is 24.5 Å². The van der Waals surface area contributed by atoms with Gasteiger partial charge in [-0.2, -0.15) is 18.5 Å². The largest absolute Gasteiger partial charge is 0.573 e. The first kappa shape index (κ1) is 32.2. The Bertz CT molecular complexity index is 1900. The van der Waals surface area contributed by atoms with E-state index >= 15 is 0 Å². The van der Waals surface area contributed by atoms with Crippen molar-refractivity contribution in [3.63, 3.8) is 0 Å². The molecule has 0 aromatic heterocycles. The van der Waals surface area contributed by atoms with E-state index in [0.717, 1.165) is 29.8 Å². The van der Waals surface area contributed by atoms with Crippen LogP contribution in [-0.4, -0.2) is 49.9 Å². The standard InChI is InChI=1S/C31H24ClF3N6O4S/c32-23-13-11-21(12-14-23)27-26(20-7-3-1-4-8-20)19-41(39-27)30(38-29(36)37-28(42)22-9-5-2-6-10-22)40-46(43,44)25-17-15-24(16-18-25)45-31(33,34)35/h1-18,26H,19H2,(H3,36,37,38,40,42). The molecule has 0 aliphatic carbocycles. The van der Waals surface area contributed by atoms with Gasteiger partial charge < -0.3 is 10.5 Å². The van der Waals surface area contributed by atoms with Crippen molar-refractivity contribution in [1.29, 1.82) is 0 Å². The molecule has 0 saturated heterocycles. The number of rotatable bonds is 6. The summed E-state index contributed by atoms with van der Waals surface area (Å²) in [5, 5.41) is 8.78. The third-order valence-corrected chi connectivity index (χ3v) is 8.07. The predicted octanol–water partition coefficient (Wildman–Crippen LogP) is 5.53. The van der Waals surface area contributed by atoms with Crippen LogP contribution in [0.15, 0.2) is 129 Å². The van der Waals surface area contributed by atoms with Crippen LogP contribution in [0.25, 0.3) is 0 Å². The molecule has 1 atom stereocenters. The van der Waals surface area contributed by atoms with E-state index in [1.165, 1.54) is 5.01 Å². The minimum Gasteiger partial charge on any atom is -0.406 e. The number of nitrogens with zero attached hydrogens (tertiary/aromatic N) is 4. The highest BCUT2D eigenvalue weighted by atomic mass is 35.5. The van der Waals surface area contributed by atoms with Gasteiger partial charge in [-0.1, -0.05) is 72.3 Å². The summed E-state index contributed by atoms with van der Waals surface area (Å²) >= 11 is 6.10. The number of guanidine groups is 2. The van der Waals surface area contributed by atoms with Crippen molar-refractivity contribution in [2.24, 2.45) is 20.2 Å². The molecule has 0 fully saturated rings. The van der Waals surface area contributed by atoms with Gasteiger partial charge in [0, 0.05) is 16.5 Å². The topological polar surface area (TPSA) is 139 Å². The van der Waals surface area contributed by atoms with Crippen LogP contribution in [0.1, 0.15) is 27.4 Å². The summed E-state index contributed by atoms with van der Waals surface area (Å²) in [5.41, 5.74) is 8.41. The summed E-state index contributed by atoms with van der Waals surface area (Å²) in [5.74, 6) is -2.61. The Morgan fingerprint density at radius 1 is 0.935 bits per heavy atom. The maximum Gasteiger partial charge on any atom is 0.573 e. The van der Waals surface area contributed by atoms with Crippen molar-refractivity contribution in [3.05, 3.63) is 131 Å². The molecule has 10 nitrogen and oxygen atoms in total. The van der Waals surface area contributed by atoms with Gasteiger partial charge in [0.1, 0.15) is 5.75 Å². The fourth-order valence-corrected chi connectivity index (χ4v) is 5.53. The Kier molecular flexibility index (Phi) is 9.39. The lowest BCUT2D eigenvalue weighted by atomic mass is 9.91. The number of nitrogens with one attached hydrogen (secondary N) is 1. The molecule has 1 aliphatic heterocycles. The Hall–Kier alpha value is -5.21. The maximum atomic E-state index is 13.4. The van der Waals surface area contributed by atoms with Crippen LogP contribution in [0, 0.1) is 0 Å². The van der Waals surface area contributed by atoms with Crippen LogP contribution in [0.5, 0.6) is 5.75 Å². The Balaban J connectivity index is 1.56. The summed E-state index contributed by atoms with van der Waals surface area (Å²) in [6.45, 7) is 0.0676. The fourth-order valence-electron chi connectivity index (χ4n) is 4.47. The van der Waals surface area contributed by atoms with E-state index in [1.54, 1.807) is 54.6 Å². The fraction of sp³-hybridized carbons (Fsp3) is 0.0968. The average molecular weight is 669 g/mol. The normalized spacial score (nSPS) is 15.8. The van der Waals surface area contributed by atoms with Crippen LogP contribution >= 0.6 is 11.6 Å². The summed E-state index contributed by atoms with van der Waals surface area (Å²) in [4.78, 5) is 16.4. The first-order valence-electron chi connectivity index (χ1n) is 13.5. The van der Waals surface area contributed by atoms with Crippen molar-refractivity contribution in [2.45, 2.75) is 17.2 Å². The second-order valence-corrected chi connectivity index (χ2v) is 11.8. The van der Waals surface area contributed by atoms with E-state index in [4.69, 9.17) is 17.3 Å². The van der Waals surface area contributed by atoms with Crippen LogP contribution in [0.4, 0.5) is 13.2 Å². The van der Waals surface area contributed by atoms with Gasteiger partial charge in [0.05, 0.1) is 17.2 Å². The zero-order valence-electron chi connectivity index (χ0n) is 23.6. The van der Waals surface area contributed by atoms with Gasteiger partial charge in [-0.05, 0) is 59.7 Å². The molecule has 236 valence electrons. The van der Waals surface area contributed by atoms with Gasteiger partial charge in [0.15, 0.2) is 0 Å². The number of hydrazone groups is 1. The molecule has 0 saturated carbocycles. The predicted molar refractivity (Wildman–Crippen MR) is 167 cm³/mol. The zero-order valence-corrected chi connectivity index (χ0v) is 25.2. The van der Waals surface area contributed by atoms with E-state index in [1.807, 2.05) is 30.3 Å². The molecular formula is C31H24ClF3N6O4S. The summed E-state index contributed by atoms with van der Waals surface area (Å²) < 4.78 is 72.4. The van der Waals surface area contributed by atoms with Crippen molar-refractivity contribution in [2.75, 3.05) is 6.54 Å². The zero-order chi connectivity index (χ0) is 32.9. The number of sulfonamides is 1. The molecule has 46 heavy (non-hydrogen) atoms. The van der Waals surface area contributed by atoms with Gasteiger partial charge in [-0.3, -0.25) is 10.1 Å². The molecule has 1 unspecified atom stereocenters. The number of carbonyl (C=O) groups is 1. The molecule has 0 spiro atoms. The Labute approximate surface area is 266 Å². The highest BCUT2D eigenvalue weighted by Gasteiger charge is 2.33. The molecular weight excluding hydrogens is 645 g/mol. The first-order valence-corrected chi connectivity index (χ1v) is 15.3. The van der Waals surface area contributed by atoms with Gasteiger partial charge in [-0.15, -0.1) is 17.6 Å². The number of aliphatic imine (C=N–C) groups is 1. The number of ether oxygens (including phenoxy) is 1. The summed E-state index contributed by atoms with van der Waals surface area (Å²) in [7, 11) is -4.61. The Morgan fingerprint density at radius 3 is 2.15 bits per heavy atom. The van der Waals surface area contributed by atoms with Crippen molar-refractivity contribution in [1.82, 2.24) is 10.3 Å². The molecule has 1 amide bonds. The number of nitrogens with two attached hydrogens (primary N) is 1. The minimum absolute atomic E-state index is 0.0676. The molecule has 5 rings (SSSR count). The van der Waals surface area contributed by atoms with E-state index < -0.39 is 44.9 Å². The lowest BCUT2D eigenvalue weighted by Gasteiger charge is -2.16. The number of halogens is 4. The number of hydrogen-bond donors (Lipinski definition) is 2. The van der Waals surface area contributed by atoms with Crippen LogP contribution in [-0.2, 0) is 10.0 Å². The molecule has 3 N–H and O–H groups in total. The monoisotopic (exact) mass is 668 g/mol. The highest BCUT2D eigenvalue weighted by molar-refractivity contribution is 7.90. The minimum atomic E-state index is -4.97. The Morgan fingerprint density at radius 2 is 1.54 bits per heavy atom. The van der Waals surface area contributed by atoms with E-state index in [-0.39, 0.29) is 18.0 Å².